The van der Waals surface area contributed by atoms with Crippen molar-refractivity contribution in [2.24, 2.45) is 5.73 Å². The number of nitrogens with one attached hydrogen (secondary N) is 1. The molecule has 0 saturated carbocycles. The predicted molar refractivity (Wildman–Crippen MR) is 79.9 cm³/mol. The van der Waals surface area contributed by atoms with Gasteiger partial charge in [0, 0.05) is 15.9 Å². The van der Waals surface area contributed by atoms with Crippen LogP contribution in [0, 0.1) is 0 Å². The van der Waals surface area contributed by atoms with Crippen molar-refractivity contribution in [1.29, 1.82) is 0 Å². The zero-order valence-corrected chi connectivity index (χ0v) is 12.6. The molecule has 0 aliphatic rings. The highest BCUT2D eigenvalue weighted by atomic mass is 79.9. The summed E-state index contributed by atoms with van der Waals surface area (Å²) in [6, 6.07) is 5.32. The molecule has 18 heavy (non-hydrogen) atoms. The molecule has 3 N–H and O–H groups in total. The average molecular weight is 334 g/mol. The fraction of sp³-hybridized carbons (Fsp3) is 0.462. The minimum absolute atomic E-state index is 0.0192. The lowest BCUT2D eigenvalue weighted by molar-refractivity contribution is -0.116. The number of carbonyl (C=O) groups is 1. The number of unbranched alkanes of at least 4 members (excludes halogenated alkanes) is 3. The summed E-state index contributed by atoms with van der Waals surface area (Å²) in [5, 5.41) is 3.45. The molecule has 0 aliphatic carbocycles. The van der Waals surface area contributed by atoms with Crippen molar-refractivity contribution in [1.82, 2.24) is 0 Å². The predicted octanol–water partition coefficient (Wildman–Crippen LogP) is 3.95. The lowest BCUT2D eigenvalue weighted by atomic mass is 10.1. The van der Waals surface area contributed by atoms with Gasteiger partial charge in [0.15, 0.2) is 0 Å². The first kappa shape index (κ1) is 15.5. The van der Waals surface area contributed by atoms with Crippen molar-refractivity contribution < 1.29 is 4.79 Å². The van der Waals surface area contributed by atoms with E-state index in [1.54, 1.807) is 12.1 Å². The van der Waals surface area contributed by atoms with Crippen molar-refractivity contribution in [3.8, 4) is 0 Å². The Morgan fingerprint density at radius 3 is 2.72 bits per heavy atom. The molecule has 100 valence electrons. The number of anilines is 1. The third kappa shape index (κ3) is 5.85. The number of halogens is 2. The van der Waals surface area contributed by atoms with E-state index in [2.05, 4.69) is 21.2 Å². The van der Waals surface area contributed by atoms with Gasteiger partial charge < -0.3 is 11.1 Å². The van der Waals surface area contributed by atoms with Gasteiger partial charge in [0.25, 0.3) is 0 Å². The lowest BCUT2D eigenvalue weighted by Gasteiger charge is -2.07. The Hall–Kier alpha value is -0.580. The van der Waals surface area contributed by atoms with E-state index in [1.165, 1.54) is 0 Å². The van der Waals surface area contributed by atoms with Gasteiger partial charge in [0.2, 0.25) is 5.91 Å². The van der Waals surface area contributed by atoms with Crippen LogP contribution in [-0.4, -0.2) is 12.5 Å². The van der Waals surface area contributed by atoms with Crippen molar-refractivity contribution >= 4 is 39.1 Å². The summed E-state index contributed by atoms with van der Waals surface area (Å²) < 4.78 is 0.836. The SMILES string of the molecule is NCCCCCCC(=O)Nc1cc(Cl)ccc1Br. The zero-order valence-electron chi connectivity index (χ0n) is 10.2. The number of hydrogen-bond donors (Lipinski definition) is 2. The van der Waals surface area contributed by atoms with Gasteiger partial charge >= 0.3 is 0 Å². The fourth-order valence-corrected chi connectivity index (χ4v) is 2.11. The minimum Gasteiger partial charge on any atom is -0.330 e. The highest BCUT2D eigenvalue weighted by Crippen LogP contribution is 2.26. The molecule has 0 heterocycles. The zero-order chi connectivity index (χ0) is 13.4. The third-order valence-corrected chi connectivity index (χ3v) is 3.49. The van der Waals surface area contributed by atoms with Crippen molar-refractivity contribution in [3.63, 3.8) is 0 Å². The number of nitrogens with two attached hydrogens (primary N) is 1. The molecule has 1 aromatic rings. The summed E-state index contributed by atoms with van der Waals surface area (Å²) in [7, 11) is 0. The van der Waals surface area contributed by atoms with Crippen LogP contribution >= 0.6 is 27.5 Å². The Bertz CT molecular complexity index is 399. The number of rotatable bonds is 7. The summed E-state index contributed by atoms with van der Waals surface area (Å²) in [6.45, 7) is 0.724. The van der Waals surface area contributed by atoms with Gasteiger partial charge in [-0.2, -0.15) is 0 Å². The molecule has 0 radical (unpaired) electrons. The molecule has 0 fully saturated rings. The van der Waals surface area contributed by atoms with Crippen LogP contribution in [0.15, 0.2) is 22.7 Å². The van der Waals surface area contributed by atoms with Crippen LogP contribution < -0.4 is 11.1 Å². The van der Waals surface area contributed by atoms with E-state index in [1.807, 2.05) is 6.07 Å². The molecule has 0 unspecified atom stereocenters. The fourth-order valence-electron chi connectivity index (χ4n) is 1.59. The monoisotopic (exact) mass is 332 g/mol. The molecule has 0 saturated heterocycles. The first-order valence-electron chi connectivity index (χ1n) is 6.08. The van der Waals surface area contributed by atoms with Gasteiger partial charge in [-0.05, 0) is 53.5 Å². The van der Waals surface area contributed by atoms with E-state index >= 15 is 0 Å². The second-order valence-electron chi connectivity index (χ2n) is 4.13. The normalized spacial score (nSPS) is 10.4. The summed E-state index contributed by atoms with van der Waals surface area (Å²) in [6.07, 6.45) is 4.58. The van der Waals surface area contributed by atoms with E-state index in [4.69, 9.17) is 17.3 Å². The van der Waals surface area contributed by atoms with Gasteiger partial charge in [0.05, 0.1) is 5.69 Å². The number of carbonyl (C=O) groups excluding carboxylic acids is 1. The van der Waals surface area contributed by atoms with Crippen LogP contribution in [0.1, 0.15) is 32.1 Å². The van der Waals surface area contributed by atoms with Crippen molar-refractivity contribution in [2.75, 3.05) is 11.9 Å². The number of benzene rings is 1. The Balaban J connectivity index is 2.33. The Labute approximate surface area is 121 Å². The quantitative estimate of drug-likeness (QED) is 0.742. The van der Waals surface area contributed by atoms with E-state index in [0.717, 1.165) is 42.4 Å². The molecule has 1 amide bonds. The molecular formula is C13H18BrClN2O. The van der Waals surface area contributed by atoms with Crippen LogP contribution in [0.25, 0.3) is 0 Å². The summed E-state index contributed by atoms with van der Waals surface area (Å²) in [5.41, 5.74) is 6.12. The van der Waals surface area contributed by atoms with E-state index in [0.29, 0.717) is 11.4 Å². The molecule has 0 aromatic heterocycles. The molecule has 5 heteroatoms. The first-order chi connectivity index (χ1) is 8.63. The van der Waals surface area contributed by atoms with Gasteiger partial charge in [-0.1, -0.05) is 24.4 Å². The molecule has 0 aliphatic heterocycles. The van der Waals surface area contributed by atoms with Crippen molar-refractivity contribution in [3.05, 3.63) is 27.7 Å². The largest absolute Gasteiger partial charge is 0.330 e. The minimum atomic E-state index is 0.0192. The average Bonchev–Trinajstić information content (AvgIpc) is 2.33. The maximum Gasteiger partial charge on any atom is 0.224 e. The molecule has 3 nitrogen and oxygen atoms in total. The molecule has 0 bridgehead atoms. The summed E-state index contributed by atoms with van der Waals surface area (Å²) in [4.78, 5) is 11.7. The summed E-state index contributed by atoms with van der Waals surface area (Å²) in [5.74, 6) is 0.0192. The molecular weight excluding hydrogens is 316 g/mol. The van der Waals surface area contributed by atoms with Gasteiger partial charge in [-0.15, -0.1) is 0 Å². The molecule has 1 aromatic carbocycles. The third-order valence-electron chi connectivity index (χ3n) is 2.56. The highest BCUT2D eigenvalue weighted by molar-refractivity contribution is 9.10. The first-order valence-corrected chi connectivity index (χ1v) is 7.25. The van der Waals surface area contributed by atoms with Crippen LogP contribution in [0.4, 0.5) is 5.69 Å². The van der Waals surface area contributed by atoms with E-state index < -0.39 is 0 Å². The van der Waals surface area contributed by atoms with Crippen LogP contribution in [0.5, 0.6) is 0 Å². The van der Waals surface area contributed by atoms with Crippen LogP contribution in [0.2, 0.25) is 5.02 Å². The van der Waals surface area contributed by atoms with Crippen molar-refractivity contribution in [2.45, 2.75) is 32.1 Å². The van der Waals surface area contributed by atoms with Gasteiger partial charge in [0.1, 0.15) is 0 Å². The number of hydrogen-bond acceptors (Lipinski definition) is 2. The van der Waals surface area contributed by atoms with E-state index in [9.17, 15) is 4.79 Å². The number of amides is 1. The van der Waals surface area contributed by atoms with E-state index in [-0.39, 0.29) is 5.91 Å². The highest BCUT2D eigenvalue weighted by Gasteiger charge is 2.06. The topological polar surface area (TPSA) is 55.1 Å². The maximum absolute atomic E-state index is 11.7. The Morgan fingerprint density at radius 2 is 2.00 bits per heavy atom. The standard InChI is InChI=1S/C13H18BrClN2O/c14-11-7-6-10(15)9-12(11)17-13(18)5-3-1-2-4-8-16/h6-7,9H,1-5,8,16H2,(H,17,18). The summed E-state index contributed by atoms with van der Waals surface area (Å²) >= 11 is 9.25. The molecule has 1 rings (SSSR count). The van der Waals surface area contributed by atoms with Crippen LogP contribution in [-0.2, 0) is 4.79 Å². The molecule has 0 atom stereocenters. The molecule has 0 spiro atoms. The smallest absolute Gasteiger partial charge is 0.224 e. The Kier molecular flexibility index (Phi) is 7.32. The van der Waals surface area contributed by atoms with Gasteiger partial charge in [-0.25, -0.2) is 0 Å². The second-order valence-corrected chi connectivity index (χ2v) is 5.42. The Morgan fingerprint density at radius 1 is 1.28 bits per heavy atom. The maximum atomic E-state index is 11.7. The van der Waals surface area contributed by atoms with Gasteiger partial charge in [-0.3, -0.25) is 4.79 Å². The van der Waals surface area contributed by atoms with Crippen LogP contribution in [0.3, 0.4) is 0 Å². The lowest BCUT2D eigenvalue weighted by Crippen LogP contribution is -2.11. The second kappa shape index (κ2) is 8.51.